The van der Waals surface area contributed by atoms with Gasteiger partial charge >= 0.3 is 0 Å². The van der Waals surface area contributed by atoms with Crippen molar-refractivity contribution < 1.29 is 4.21 Å². The number of hydrogen-bond donors (Lipinski definition) is 0. The molecule has 0 N–H and O–H groups in total. The highest BCUT2D eigenvalue weighted by Gasteiger charge is 2.20. The molecule has 0 fully saturated rings. The van der Waals surface area contributed by atoms with E-state index in [1.165, 1.54) is 11.5 Å². The zero-order chi connectivity index (χ0) is 15.6. The maximum atomic E-state index is 12.0. The SMILES string of the molecule is CC(=N[S@@](=O)C(C)(C)C)c1nc(-c2ccnc(C)c2)ns1. The first kappa shape index (κ1) is 15.9. The van der Waals surface area contributed by atoms with E-state index in [0.29, 0.717) is 16.5 Å². The summed E-state index contributed by atoms with van der Waals surface area (Å²) >= 11 is 1.26. The van der Waals surface area contributed by atoms with Crippen molar-refractivity contribution in [3.8, 4) is 11.4 Å². The van der Waals surface area contributed by atoms with Gasteiger partial charge in [0.2, 0.25) is 0 Å². The summed E-state index contributed by atoms with van der Waals surface area (Å²) < 4.78 is 20.2. The van der Waals surface area contributed by atoms with Crippen molar-refractivity contribution in [2.24, 2.45) is 4.40 Å². The van der Waals surface area contributed by atoms with E-state index in [0.717, 1.165) is 11.3 Å². The number of aromatic nitrogens is 3. The van der Waals surface area contributed by atoms with Gasteiger partial charge in [0.15, 0.2) is 10.8 Å². The van der Waals surface area contributed by atoms with E-state index in [4.69, 9.17) is 0 Å². The Bertz CT molecular complexity index is 701. The topological polar surface area (TPSA) is 68.1 Å². The van der Waals surface area contributed by atoms with Crippen LogP contribution >= 0.6 is 11.5 Å². The second kappa shape index (κ2) is 6.11. The lowest BCUT2D eigenvalue weighted by atomic mass is 10.2. The molecule has 0 saturated carbocycles. The van der Waals surface area contributed by atoms with Crippen LogP contribution in [0.3, 0.4) is 0 Å². The third kappa shape index (κ3) is 4.01. The second-order valence-corrected chi connectivity index (χ2v) is 8.30. The van der Waals surface area contributed by atoms with Crippen LogP contribution in [0, 0.1) is 6.92 Å². The Labute approximate surface area is 131 Å². The Morgan fingerprint density at radius 3 is 2.71 bits per heavy atom. The molecule has 0 bridgehead atoms. The van der Waals surface area contributed by atoms with E-state index in [1.807, 2.05) is 46.8 Å². The molecule has 0 aromatic carbocycles. The minimum atomic E-state index is -1.29. The summed E-state index contributed by atoms with van der Waals surface area (Å²) in [6, 6.07) is 3.81. The second-order valence-electron chi connectivity index (χ2n) is 5.65. The highest BCUT2D eigenvalue weighted by atomic mass is 32.2. The Hall–Kier alpha value is -1.47. The number of nitrogens with zero attached hydrogens (tertiary/aromatic N) is 4. The highest BCUT2D eigenvalue weighted by Crippen LogP contribution is 2.20. The molecule has 0 spiro atoms. The molecule has 1 atom stereocenters. The first-order chi connectivity index (χ1) is 9.77. The summed E-state index contributed by atoms with van der Waals surface area (Å²) in [5.41, 5.74) is 2.50. The van der Waals surface area contributed by atoms with Crippen LogP contribution in [0.1, 0.15) is 38.4 Å². The van der Waals surface area contributed by atoms with Gasteiger partial charge in [0.1, 0.15) is 11.0 Å². The molecule has 0 saturated heterocycles. The molecule has 0 radical (unpaired) electrons. The molecule has 0 unspecified atom stereocenters. The van der Waals surface area contributed by atoms with Gasteiger partial charge in [-0.15, -0.1) is 0 Å². The number of pyridine rings is 1. The molecular weight excluding hydrogens is 304 g/mol. The summed E-state index contributed by atoms with van der Waals surface area (Å²) in [4.78, 5) is 8.63. The molecular formula is C14H18N4OS2. The van der Waals surface area contributed by atoms with Crippen LogP contribution in [-0.4, -0.2) is 29.0 Å². The van der Waals surface area contributed by atoms with Crippen molar-refractivity contribution in [3.63, 3.8) is 0 Å². The number of rotatable bonds is 3. The molecule has 0 aliphatic rings. The van der Waals surface area contributed by atoms with Crippen molar-refractivity contribution in [3.05, 3.63) is 29.0 Å². The maximum Gasteiger partial charge on any atom is 0.173 e. The van der Waals surface area contributed by atoms with E-state index in [1.54, 1.807) is 6.20 Å². The van der Waals surface area contributed by atoms with E-state index in [2.05, 4.69) is 18.7 Å². The van der Waals surface area contributed by atoms with Crippen LogP contribution in [0.5, 0.6) is 0 Å². The average Bonchev–Trinajstić information content (AvgIpc) is 2.87. The van der Waals surface area contributed by atoms with Crippen LogP contribution in [-0.2, 0) is 11.0 Å². The molecule has 5 nitrogen and oxygen atoms in total. The Kier molecular flexibility index (Phi) is 4.63. The van der Waals surface area contributed by atoms with Gasteiger partial charge in [-0.25, -0.2) is 9.19 Å². The number of hydrogen-bond acceptors (Lipinski definition) is 5. The van der Waals surface area contributed by atoms with Crippen LogP contribution in [0.2, 0.25) is 0 Å². The van der Waals surface area contributed by atoms with Crippen molar-refractivity contribution in [2.75, 3.05) is 0 Å². The summed E-state index contributed by atoms with van der Waals surface area (Å²) in [6.07, 6.45) is 1.74. The third-order valence-corrected chi connectivity index (χ3v) is 4.95. The van der Waals surface area contributed by atoms with Crippen molar-refractivity contribution in [1.29, 1.82) is 0 Å². The molecule has 2 rings (SSSR count). The molecule has 112 valence electrons. The quantitative estimate of drug-likeness (QED) is 0.814. The monoisotopic (exact) mass is 322 g/mol. The Morgan fingerprint density at radius 1 is 1.38 bits per heavy atom. The van der Waals surface area contributed by atoms with Gasteiger partial charge in [0.25, 0.3) is 0 Å². The predicted octanol–water partition coefficient (Wildman–Crippen LogP) is 3.18. The smallest absolute Gasteiger partial charge is 0.173 e. The zero-order valence-electron chi connectivity index (χ0n) is 12.7. The minimum absolute atomic E-state index is 0.378. The molecule has 0 aliphatic carbocycles. The summed E-state index contributed by atoms with van der Waals surface area (Å²) in [7, 11) is -1.29. The molecule has 21 heavy (non-hydrogen) atoms. The van der Waals surface area contributed by atoms with Gasteiger partial charge in [-0.05, 0) is 58.3 Å². The van der Waals surface area contributed by atoms with E-state index in [9.17, 15) is 4.21 Å². The lowest BCUT2D eigenvalue weighted by molar-refractivity contribution is 0.650. The Balaban J connectivity index is 2.28. The lowest BCUT2D eigenvalue weighted by Gasteiger charge is -2.13. The van der Waals surface area contributed by atoms with Crippen LogP contribution < -0.4 is 0 Å². The third-order valence-electron chi connectivity index (χ3n) is 2.63. The van der Waals surface area contributed by atoms with E-state index in [-0.39, 0.29) is 4.75 Å². The van der Waals surface area contributed by atoms with Gasteiger partial charge in [-0.1, -0.05) is 0 Å². The fraction of sp³-hybridized carbons (Fsp3) is 0.429. The van der Waals surface area contributed by atoms with Crippen molar-refractivity contribution in [1.82, 2.24) is 14.3 Å². The molecule has 2 aromatic rings. The van der Waals surface area contributed by atoms with Gasteiger partial charge < -0.3 is 0 Å². The van der Waals surface area contributed by atoms with Crippen molar-refractivity contribution >= 4 is 28.2 Å². The van der Waals surface area contributed by atoms with Crippen LogP contribution in [0.4, 0.5) is 0 Å². The lowest BCUT2D eigenvalue weighted by Crippen LogP contribution is -2.20. The fourth-order valence-electron chi connectivity index (χ4n) is 1.47. The average molecular weight is 322 g/mol. The predicted molar refractivity (Wildman–Crippen MR) is 88.0 cm³/mol. The van der Waals surface area contributed by atoms with Crippen LogP contribution in [0.25, 0.3) is 11.4 Å². The normalized spacial score (nSPS) is 14.2. The standard InChI is InChI=1S/C14H18N4OS2/c1-9-8-11(6-7-15-9)12-16-13(20-17-12)10(2)18-21(19)14(3,4)5/h6-8H,1-5H3/t21-/m0/s1. The van der Waals surface area contributed by atoms with Crippen LogP contribution in [0.15, 0.2) is 22.7 Å². The van der Waals surface area contributed by atoms with Crippen molar-refractivity contribution in [2.45, 2.75) is 39.4 Å². The van der Waals surface area contributed by atoms with Gasteiger partial charge in [-0.2, -0.15) is 8.77 Å². The van der Waals surface area contributed by atoms with E-state index < -0.39 is 11.0 Å². The first-order valence-electron chi connectivity index (χ1n) is 6.52. The first-order valence-corrected chi connectivity index (χ1v) is 8.40. The van der Waals surface area contributed by atoms with Gasteiger partial charge in [0.05, 0.1) is 10.5 Å². The van der Waals surface area contributed by atoms with Gasteiger partial charge in [-0.3, -0.25) is 4.98 Å². The summed E-state index contributed by atoms with van der Waals surface area (Å²) in [5.74, 6) is 0.650. The molecule has 2 heterocycles. The molecule has 0 aliphatic heterocycles. The van der Waals surface area contributed by atoms with E-state index >= 15 is 0 Å². The largest absolute Gasteiger partial charge is 0.262 e. The zero-order valence-corrected chi connectivity index (χ0v) is 14.4. The Morgan fingerprint density at radius 2 is 2.10 bits per heavy atom. The minimum Gasteiger partial charge on any atom is -0.262 e. The fourth-order valence-corrected chi connectivity index (χ4v) is 2.76. The summed E-state index contributed by atoms with van der Waals surface area (Å²) in [6.45, 7) is 9.42. The van der Waals surface area contributed by atoms with Gasteiger partial charge in [0, 0.05) is 17.5 Å². The summed E-state index contributed by atoms with van der Waals surface area (Å²) in [5, 5.41) is 0.692. The molecule has 7 heteroatoms. The number of aryl methyl sites for hydroxylation is 1. The maximum absolute atomic E-state index is 12.0. The molecule has 0 amide bonds. The molecule has 2 aromatic heterocycles. The highest BCUT2D eigenvalue weighted by molar-refractivity contribution is 7.85.